The molecule has 0 rings (SSSR count). The summed E-state index contributed by atoms with van der Waals surface area (Å²) in [6, 6.07) is 0. The Morgan fingerprint density at radius 2 is 0.900 bits per heavy atom. The van der Waals surface area contributed by atoms with Crippen LogP contribution >= 0.6 is 17.0 Å². The molecule has 69 valence electrons. The third-order valence-electron chi connectivity index (χ3n) is 1.66. The smallest absolute Gasteiger partial charge is 0.0274 e. The van der Waals surface area contributed by atoms with Crippen molar-refractivity contribution in [1.82, 2.24) is 0 Å². The van der Waals surface area contributed by atoms with Gasteiger partial charge in [-0.3, -0.25) is 0 Å². The minimum atomic E-state index is -0.285. The number of hydrogen-bond acceptors (Lipinski definition) is 2. The van der Waals surface area contributed by atoms with Gasteiger partial charge in [-0.25, -0.2) is 0 Å². The number of nitrogens with two attached hydrogens (primary N) is 2. The molecule has 1 radical (unpaired) electrons. The van der Waals surface area contributed by atoms with Gasteiger partial charge in [0.15, 0.2) is 0 Å². The van der Waals surface area contributed by atoms with Crippen LogP contribution in [-0.4, -0.2) is 11.1 Å². The fraction of sp³-hybridized carbons (Fsp3) is 1.00. The molecule has 0 aliphatic carbocycles. The van der Waals surface area contributed by atoms with Gasteiger partial charge in [0.25, 0.3) is 0 Å². The van der Waals surface area contributed by atoms with Crippen LogP contribution in [0.5, 0.6) is 0 Å². The Bertz CT molecular complexity index is 70.7. The normalized spacial score (nSPS) is 11.4. The molecule has 4 heteroatoms. The zero-order valence-electron chi connectivity index (χ0n) is 6.86. The molecule has 0 saturated carbocycles. The average Bonchev–Trinajstić information content (AvgIpc) is 1.25. The van der Waals surface area contributed by atoms with E-state index >= 15 is 0 Å². The molecule has 0 aliphatic rings. The first-order valence-corrected chi connectivity index (χ1v) is 2.83. The van der Waals surface area contributed by atoms with Crippen LogP contribution in [0.4, 0.5) is 0 Å². The molecule has 0 spiro atoms. The first-order chi connectivity index (χ1) is 3.25. The zero-order chi connectivity index (χ0) is 7.00. The average molecular weight is 261 g/mol. The summed E-state index contributed by atoms with van der Waals surface area (Å²) in [4.78, 5) is 0. The van der Waals surface area contributed by atoms with Crippen LogP contribution in [0.25, 0.3) is 0 Å². The predicted molar refractivity (Wildman–Crippen MR) is 46.9 cm³/mol. The van der Waals surface area contributed by atoms with E-state index in [2.05, 4.69) is 0 Å². The van der Waals surface area contributed by atoms with Crippen LogP contribution in [0.3, 0.4) is 0 Å². The Balaban J connectivity index is -0.000000245. The summed E-state index contributed by atoms with van der Waals surface area (Å²) in [5.74, 6) is 0. The maximum atomic E-state index is 5.69. The Morgan fingerprint density at radius 1 is 0.800 bits per heavy atom. The second kappa shape index (κ2) is 4.73. The predicted octanol–water partition coefficient (Wildman–Crippen LogP) is 1.04. The molecule has 0 aromatic heterocycles. The molecule has 2 nitrogen and oxygen atoms in total. The SMILES string of the molecule is Br.CC(C)(N)C(C)(C)N.[Cu]. The largest absolute Gasteiger partial charge is 0.324 e. The van der Waals surface area contributed by atoms with Crippen LogP contribution in [0, 0.1) is 0 Å². The van der Waals surface area contributed by atoms with Gasteiger partial charge in [-0.05, 0) is 27.7 Å². The Kier molecular flexibility index (Phi) is 8.10. The third-order valence-corrected chi connectivity index (χ3v) is 1.66. The molecule has 0 aromatic carbocycles. The maximum absolute atomic E-state index is 5.69. The standard InChI is InChI=1S/C6H16N2.BrH.Cu/c1-5(2,7)6(3,4)8;;/h7-8H2,1-4H3;1H;. The van der Waals surface area contributed by atoms with E-state index in [0.717, 1.165) is 0 Å². The number of rotatable bonds is 1. The van der Waals surface area contributed by atoms with Gasteiger partial charge in [0, 0.05) is 28.1 Å². The van der Waals surface area contributed by atoms with E-state index in [4.69, 9.17) is 11.5 Å². The van der Waals surface area contributed by atoms with E-state index in [0.29, 0.717) is 0 Å². The van der Waals surface area contributed by atoms with Crippen LogP contribution < -0.4 is 11.5 Å². The summed E-state index contributed by atoms with van der Waals surface area (Å²) < 4.78 is 0. The molecule has 0 amide bonds. The molecular weight excluding hydrogens is 244 g/mol. The first-order valence-electron chi connectivity index (χ1n) is 2.83. The number of hydrogen-bond donors (Lipinski definition) is 2. The van der Waals surface area contributed by atoms with Gasteiger partial charge in [-0.1, -0.05) is 0 Å². The quantitative estimate of drug-likeness (QED) is 0.692. The summed E-state index contributed by atoms with van der Waals surface area (Å²) in [6.45, 7) is 7.69. The van der Waals surface area contributed by atoms with Crippen molar-refractivity contribution in [3.05, 3.63) is 0 Å². The van der Waals surface area contributed by atoms with E-state index in [1.54, 1.807) is 0 Å². The Morgan fingerprint density at radius 3 is 0.900 bits per heavy atom. The van der Waals surface area contributed by atoms with Gasteiger partial charge in [-0.2, -0.15) is 0 Å². The molecule has 0 bridgehead atoms. The molecular formula is C6H17BrCuN2. The van der Waals surface area contributed by atoms with Crippen molar-refractivity contribution in [1.29, 1.82) is 0 Å². The van der Waals surface area contributed by atoms with E-state index in [-0.39, 0.29) is 45.1 Å². The molecule has 0 heterocycles. The van der Waals surface area contributed by atoms with Crippen molar-refractivity contribution >= 4 is 17.0 Å². The van der Waals surface area contributed by atoms with Crippen molar-refractivity contribution in [2.24, 2.45) is 11.5 Å². The zero-order valence-corrected chi connectivity index (χ0v) is 9.52. The molecule has 0 unspecified atom stereocenters. The van der Waals surface area contributed by atoms with Gasteiger partial charge >= 0.3 is 0 Å². The van der Waals surface area contributed by atoms with Crippen molar-refractivity contribution < 1.29 is 17.1 Å². The van der Waals surface area contributed by atoms with Crippen molar-refractivity contribution in [3.8, 4) is 0 Å². The summed E-state index contributed by atoms with van der Waals surface area (Å²) in [6.07, 6.45) is 0. The minimum absolute atomic E-state index is 0. The summed E-state index contributed by atoms with van der Waals surface area (Å²) >= 11 is 0. The second-order valence-electron chi connectivity index (χ2n) is 3.44. The van der Waals surface area contributed by atoms with Crippen molar-refractivity contribution in [2.75, 3.05) is 0 Å². The van der Waals surface area contributed by atoms with Crippen LogP contribution in [0.15, 0.2) is 0 Å². The number of halogens is 1. The van der Waals surface area contributed by atoms with Gasteiger partial charge in [0.05, 0.1) is 0 Å². The second-order valence-corrected chi connectivity index (χ2v) is 3.44. The van der Waals surface area contributed by atoms with E-state index in [1.807, 2.05) is 27.7 Å². The fourth-order valence-corrected chi connectivity index (χ4v) is 0. The topological polar surface area (TPSA) is 52.0 Å². The first kappa shape index (κ1) is 17.1. The summed E-state index contributed by atoms with van der Waals surface area (Å²) in [5, 5.41) is 0. The monoisotopic (exact) mass is 259 g/mol. The van der Waals surface area contributed by atoms with Crippen LogP contribution in [-0.2, 0) is 17.1 Å². The van der Waals surface area contributed by atoms with Gasteiger partial charge in [0.1, 0.15) is 0 Å². The third kappa shape index (κ3) is 5.69. The van der Waals surface area contributed by atoms with Gasteiger partial charge < -0.3 is 11.5 Å². The Labute approximate surface area is 84.4 Å². The summed E-state index contributed by atoms with van der Waals surface area (Å²) in [7, 11) is 0. The van der Waals surface area contributed by atoms with Gasteiger partial charge in [0.2, 0.25) is 0 Å². The molecule has 0 aliphatic heterocycles. The fourth-order valence-electron chi connectivity index (χ4n) is 0. The van der Waals surface area contributed by atoms with E-state index in [9.17, 15) is 0 Å². The Hall–Kier alpha value is 0.919. The molecule has 0 fully saturated rings. The molecule has 0 atom stereocenters. The van der Waals surface area contributed by atoms with E-state index < -0.39 is 0 Å². The molecule has 0 saturated heterocycles. The van der Waals surface area contributed by atoms with Gasteiger partial charge in [-0.15, -0.1) is 17.0 Å². The van der Waals surface area contributed by atoms with Crippen molar-refractivity contribution in [2.45, 2.75) is 38.8 Å². The van der Waals surface area contributed by atoms with Crippen LogP contribution in [0.1, 0.15) is 27.7 Å². The molecule has 10 heavy (non-hydrogen) atoms. The molecule has 0 aromatic rings. The minimum Gasteiger partial charge on any atom is -0.324 e. The van der Waals surface area contributed by atoms with E-state index in [1.165, 1.54) is 0 Å². The maximum Gasteiger partial charge on any atom is 0.0274 e. The molecule has 4 N–H and O–H groups in total. The van der Waals surface area contributed by atoms with Crippen LogP contribution in [0.2, 0.25) is 0 Å². The summed E-state index contributed by atoms with van der Waals surface area (Å²) in [5.41, 5.74) is 10.8. The van der Waals surface area contributed by atoms with Crippen molar-refractivity contribution in [3.63, 3.8) is 0 Å².